The van der Waals surface area contributed by atoms with Crippen LogP contribution in [0.4, 0.5) is 10.5 Å². The third-order valence-corrected chi connectivity index (χ3v) is 8.20. The molecule has 0 heterocycles. The fourth-order valence-corrected chi connectivity index (χ4v) is 5.71. The molecule has 8 heteroatoms. The molecule has 46 heavy (non-hydrogen) atoms. The van der Waals surface area contributed by atoms with E-state index < -0.39 is 23.8 Å². The molecular formula is C38H50ClN3O4. The monoisotopic (exact) mass is 647 g/mol. The van der Waals surface area contributed by atoms with Crippen molar-refractivity contribution in [1.82, 2.24) is 10.2 Å². The summed E-state index contributed by atoms with van der Waals surface area (Å²) in [6, 6.07) is 18.5. The number of para-hydroxylation sites is 1. The molecule has 0 fully saturated rings. The molecule has 3 rings (SSSR count). The van der Waals surface area contributed by atoms with Crippen LogP contribution in [0.2, 0.25) is 5.02 Å². The first-order chi connectivity index (χ1) is 21.6. The van der Waals surface area contributed by atoms with Gasteiger partial charge in [0.1, 0.15) is 17.7 Å². The van der Waals surface area contributed by atoms with Gasteiger partial charge in [0, 0.05) is 12.5 Å². The van der Waals surface area contributed by atoms with Gasteiger partial charge in [-0.25, -0.2) is 4.79 Å². The minimum atomic E-state index is -1.01. The normalized spacial score (nSPS) is 13.5. The highest BCUT2D eigenvalue weighted by Gasteiger charge is 2.40. The van der Waals surface area contributed by atoms with Crippen LogP contribution < -0.4 is 10.6 Å². The first kappa shape index (κ1) is 36.6. The van der Waals surface area contributed by atoms with E-state index >= 15 is 0 Å². The average molecular weight is 648 g/mol. The van der Waals surface area contributed by atoms with Gasteiger partial charge in [0.05, 0.1) is 10.7 Å². The third-order valence-electron chi connectivity index (χ3n) is 7.89. The molecule has 0 aliphatic rings. The fourth-order valence-electron chi connectivity index (χ4n) is 5.45. The van der Waals surface area contributed by atoms with E-state index in [0.29, 0.717) is 28.6 Å². The van der Waals surface area contributed by atoms with Gasteiger partial charge in [0.25, 0.3) is 5.91 Å². The number of anilines is 1. The van der Waals surface area contributed by atoms with Crippen molar-refractivity contribution in [2.45, 2.75) is 105 Å². The molecule has 3 atom stereocenters. The molecule has 3 amide bonds. The standard InChI is InChI=1S/C38H50ClN3O4/c1-24(2)18-21-28(6)42(36(44)32(23-29-15-11-10-12-16-29)40-37(45)46-38(7,8)9)34(30-22-25(3)19-20-26(30)4)35(43)41-33-27(5)14-13-17-31(33)39/h10-17,19-20,22,24,28,32,34H,18,21,23H2,1-9H3,(H,40,45)(H,41,43). The fraction of sp³-hybridized carbons (Fsp3) is 0.447. The molecule has 248 valence electrons. The summed E-state index contributed by atoms with van der Waals surface area (Å²) >= 11 is 6.56. The van der Waals surface area contributed by atoms with Crippen LogP contribution >= 0.6 is 11.6 Å². The number of amides is 3. The summed E-state index contributed by atoms with van der Waals surface area (Å²) in [6.07, 6.45) is 1.03. The third kappa shape index (κ3) is 10.3. The lowest BCUT2D eigenvalue weighted by Gasteiger charge is -2.39. The zero-order valence-corrected chi connectivity index (χ0v) is 29.5. The van der Waals surface area contributed by atoms with E-state index in [1.807, 2.05) is 88.4 Å². The Morgan fingerprint density at radius 2 is 1.54 bits per heavy atom. The average Bonchev–Trinajstić information content (AvgIpc) is 2.96. The van der Waals surface area contributed by atoms with Crippen molar-refractivity contribution in [3.63, 3.8) is 0 Å². The highest BCUT2D eigenvalue weighted by molar-refractivity contribution is 6.34. The first-order valence-electron chi connectivity index (χ1n) is 16.1. The molecule has 0 radical (unpaired) electrons. The van der Waals surface area contributed by atoms with Crippen molar-refractivity contribution < 1.29 is 19.1 Å². The Hall–Kier alpha value is -3.84. The van der Waals surface area contributed by atoms with Crippen LogP contribution in [0.25, 0.3) is 0 Å². The summed E-state index contributed by atoms with van der Waals surface area (Å²) in [5, 5.41) is 6.33. The summed E-state index contributed by atoms with van der Waals surface area (Å²) in [5.74, 6) is -0.369. The molecule has 0 spiro atoms. The predicted molar refractivity (Wildman–Crippen MR) is 187 cm³/mol. The van der Waals surface area contributed by atoms with Crippen molar-refractivity contribution in [3.05, 3.63) is 99.6 Å². The predicted octanol–water partition coefficient (Wildman–Crippen LogP) is 8.73. The molecule has 0 aliphatic carbocycles. The number of aryl methyl sites for hydroxylation is 3. The van der Waals surface area contributed by atoms with E-state index in [1.165, 1.54) is 0 Å². The Morgan fingerprint density at radius 3 is 2.15 bits per heavy atom. The smallest absolute Gasteiger partial charge is 0.408 e. The summed E-state index contributed by atoms with van der Waals surface area (Å²) in [5.41, 5.74) is 3.95. The number of hydrogen-bond acceptors (Lipinski definition) is 4. The van der Waals surface area contributed by atoms with Crippen LogP contribution in [0.15, 0.2) is 66.7 Å². The molecule has 0 aliphatic heterocycles. The maximum atomic E-state index is 15.0. The zero-order chi connectivity index (χ0) is 34.2. The molecule has 0 aromatic heterocycles. The second-order valence-electron chi connectivity index (χ2n) is 13.6. The quantitative estimate of drug-likeness (QED) is 0.206. The van der Waals surface area contributed by atoms with Gasteiger partial charge in [-0.15, -0.1) is 0 Å². The molecule has 3 unspecified atom stereocenters. The van der Waals surface area contributed by atoms with Crippen LogP contribution in [-0.4, -0.2) is 40.5 Å². The number of nitrogens with zero attached hydrogens (tertiary/aromatic N) is 1. The maximum Gasteiger partial charge on any atom is 0.408 e. The second kappa shape index (κ2) is 16.1. The highest BCUT2D eigenvalue weighted by atomic mass is 35.5. The van der Waals surface area contributed by atoms with Crippen LogP contribution in [0.5, 0.6) is 0 Å². The minimum Gasteiger partial charge on any atom is -0.444 e. The summed E-state index contributed by atoms with van der Waals surface area (Å²) in [7, 11) is 0. The van der Waals surface area contributed by atoms with E-state index in [1.54, 1.807) is 31.7 Å². The van der Waals surface area contributed by atoms with Crippen molar-refractivity contribution in [1.29, 1.82) is 0 Å². The van der Waals surface area contributed by atoms with Gasteiger partial charge >= 0.3 is 6.09 Å². The first-order valence-corrected chi connectivity index (χ1v) is 16.4. The topological polar surface area (TPSA) is 87.7 Å². The van der Waals surface area contributed by atoms with E-state index in [0.717, 1.165) is 28.7 Å². The van der Waals surface area contributed by atoms with Crippen molar-refractivity contribution in [2.24, 2.45) is 5.92 Å². The molecule has 0 saturated heterocycles. The highest BCUT2D eigenvalue weighted by Crippen LogP contribution is 2.33. The number of alkyl carbamates (subject to hydrolysis) is 1. The number of nitrogens with one attached hydrogen (secondary N) is 2. The number of halogens is 1. The van der Waals surface area contributed by atoms with Gasteiger partial charge in [-0.2, -0.15) is 0 Å². The molecule has 0 bridgehead atoms. The number of rotatable bonds is 12. The van der Waals surface area contributed by atoms with Gasteiger partial charge in [-0.1, -0.05) is 91.7 Å². The van der Waals surface area contributed by atoms with Crippen molar-refractivity contribution in [3.8, 4) is 0 Å². The molecule has 2 N–H and O–H groups in total. The lowest BCUT2D eigenvalue weighted by Crippen LogP contribution is -2.55. The Morgan fingerprint density at radius 1 is 0.870 bits per heavy atom. The van der Waals surface area contributed by atoms with Crippen molar-refractivity contribution >= 4 is 35.2 Å². The van der Waals surface area contributed by atoms with Crippen molar-refractivity contribution in [2.75, 3.05) is 5.32 Å². The van der Waals surface area contributed by atoms with Gasteiger partial charge in [-0.05, 0) is 95.5 Å². The number of carbonyl (C=O) groups excluding carboxylic acids is 3. The summed E-state index contributed by atoms with van der Waals surface area (Å²) in [4.78, 5) is 44.4. The summed E-state index contributed by atoms with van der Waals surface area (Å²) < 4.78 is 5.59. The number of carbonyl (C=O) groups is 3. The molecule has 0 saturated carbocycles. The van der Waals surface area contributed by atoms with Crippen LogP contribution in [0.1, 0.15) is 88.2 Å². The molecule has 3 aromatic carbocycles. The SMILES string of the molecule is Cc1ccc(C)c(C(C(=O)Nc2c(C)cccc2Cl)N(C(=O)C(Cc2ccccc2)NC(=O)OC(C)(C)C)C(C)CCC(C)C)c1. The van der Waals surface area contributed by atoms with Crippen LogP contribution in [0.3, 0.4) is 0 Å². The largest absolute Gasteiger partial charge is 0.444 e. The lowest BCUT2D eigenvalue weighted by molar-refractivity contribution is -0.143. The van der Waals surface area contributed by atoms with Crippen LogP contribution in [0, 0.1) is 26.7 Å². The van der Waals surface area contributed by atoms with E-state index in [2.05, 4.69) is 24.5 Å². The number of ether oxygens (including phenoxy) is 1. The Kier molecular flexibility index (Phi) is 12.8. The van der Waals surface area contributed by atoms with Crippen LogP contribution in [-0.2, 0) is 20.7 Å². The Balaban J connectivity index is 2.20. The lowest BCUT2D eigenvalue weighted by atomic mass is 9.92. The van der Waals surface area contributed by atoms with Gasteiger partial charge in [0.15, 0.2) is 0 Å². The maximum absolute atomic E-state index is 15.0. The van der Waals surface area contributed by atoms with Gasteiger partial charge < -0.3 is 20.3 Å². The number of benzene rings is 3. The molecule has 3 aromatic rings. The van der Waals surface area contributed by atoms with E-state index in [-0.39, 0.29) is 24.3 Å². The summed E-state index contributed by atoms with van der Waals surface area (Å²) in [6.45, 7) is 17.4. The minimum absolute atomic E-state index is 0.219. The van der Waals surface area contributed by atoms with Gasteiger partial charge in [-0.3, -0.25) is 9.59 Å². The second-order valence-corrected chi connectivity index (χ2v) is 14.0. The van der Waals surface area contributed by atoms with Gasteiger partial charge in [0.2, 0.25) is 5.91 Å². The van der Waals surface area contributed by atoms with E-state index in [4.69, 9.17) is 16.3 Å². The number of hydrogen-bond donors (Lipinski definition) is 2. The molecular weight excluding hydrogens is 598 g/mol. The Bertz CT molecular complexity index is 1480. The van der Waals surface area contributed by atoms with E-state index in [9.17, 15) is 14.4 Å². The zero-order valence-electron chi connectivity index (χ0n) is 28.7. The Labute approximate surface area is 280 Å². The molecule has 7 nitrogen and oxygen atoms in total.